The fourth-order valence-corrected chi connectivity index (χ4v) is 4.14. The first-order valence-corrected chi connectivity index (χ1v) is 8.79. The molecule has 0 aromatic heterocycles. The number of nitrogens with zero attached hydrogens (tertiary/aromatic N) is 1. The van der Waals surface area contributed by atoms with E-state index in [1.165, 1.54) is 83.8 Å². The van der Waals surface area contributed by atoms with E-state index in [2.05, 4.69) is 24.1 Å². The third-order valence-corrected chi connectivity index (χ3v) is 5.22. The number of nitrogens with one attached hydrogen (secondary N) is 1. The lowest BCUT2D eigenvalue weighted by Gasteiger charge is -2.38. The summed E-state index contributed by atoms with van der Waals surface area (Å²) in [5, 5.41) is 3.90. The topological polar surface area (TPSA) is 15.3 Å². The quantitative estimate of drug-likeness (QED) is 0.783. The molecule has 1 aliphatic heterocycles. The Morgan fingerprint density at radius 3 is 2.53 bits per heavy atom. The third kappa shape index (κ3) is 4.19. The van der Waals surface area contributed by atoms with E-state index < -0.39 is 0 Å². The van der Waals surface area contributed by atoms with Crippen LogP contribution < -0.4 is 5.32 Å². The number of rotatable bonds is 6. The summed E-state index contributed by atoms with van der Waals surface area (Å²) in [6, 6.07) is 0.849. The minimum absolute atomic E-state index is 0.481. The van der Waals surface area contributed by atoms with Gasteiger partial charge >= 0.3 is 0 Å². The summed E-state index contributed by atoms with van der Waals surface area (Å²) in [4.78, 5) is 2.85. The van der Waals surface area contributed by atoms with E-state index in [4.69, 9.17) is 0 Å². The smallest absolute Gasteiger partial charge is 0.0308 e. The van der Waals surface area contributed by atoms with E-state index in [9.17, 15) is 0 Å². The molecule has 2 fully saturated rings. The van der Waals surface area contributed by atoms with Gasteiger partial charge in [0.25, 0.3) is 0 Å². The Kier molecular flexibility index (Phi) is 6.15. The molecule has 1 saturated heterocycles. The standard InChI is InChI=1S/C17H34N2/c1-3-5-10-16(9-4-2)19-14-8-13-18-17(15-19)11-6-7-12-17/h16,18H,3-15H2,1-2H3. The second kappa shape index (κ2) is 7.64. The molecule has 2 heteroatoms. The van der Waals surface area contributed by atoms with Crippen molar-refractivity contribution in [3.8, 4) is 0 Å². The predicted molar refractivity (Wildman–Crippen MR) is 83.6 cm³/mol. The molecule has 1 unspecified atom stereocenters. The second-order valence-electron chi connectivity index (χ2n) is 6.82. The molecule has 2 nitrogen and oxygen atoms in total. The number of hydrogen-bond acceptors (Lipinski definition) is 2. The van der Waals surface area contributed by atoms with Gasteiger partial charge in [-0.3, -0.25) is 4.90 Å². The maximum atomic E-state index is 3.90. The number of unbranched alkanes of at least 4 members (excludes halogenated alkanes) is 1. The van der Waals surface area contributed by atoms with Crippen molar-refractivity contribution in [2.45, 2.75) is 89.6 Å². The van der Waals surface area contributed by atoms with Crippen molar-refractivity contribution in [1.82, 2.24) is 10.2 Å². The van der Waals surface area contributed by atoms with Crippen molar-refractivity contribution in [2.24, 2.45) is 0 Å². The molecule has 1 heterocycles. The van der Waals surface area contributed by atoms with Crippen LogP contribution in [0.5, 0.6) is 0 Å². The van der Waals surface area contributed by atoms with Crippen LogP contribution in [0.1, 0.15) is 78.1 Å². The zero-order chi connectivity index (χ0) is 13.6. The largest absolute Gasteiger partial charge is 0.310 e. The van der Waals surface area contributed by atoms with Crippen molar-refractivity contribution in [2.75, 3.05) is 19.6 Å². The maximum absolute atomic E-state index is 3.90. The predicted octanol–water partition coefficient (Wildman–Crippen LogP) is 3.95. The molecule has 1 atom stereocenters. The SMILES string of the molecule is CCCCC(CCC)N1CCCNC2(CCCC2)C1. The molecular weight excluding hydrogens is 232 g/mol. The van der Waals surface area contributed by atoms with E-state index >= 15 is 0 Å². The first-order chi connectivity index (χ1) is 9.29. The van der Waals surface area contributed by atoms with E-state index in [0.717, 1.165) is 6.04 Å². The second-order valence-corrected chi connectivity index (χ2v) is 6.82. The van der Waals surface area contributed by atoms with Crippen LogP contribution in [0.2, 0.25) is 0 Å². The summed E-state index contributed by atoms with van der Waals surface area (Å²) in [6.07, 6.45) is 13.9. The fourth-order valence-electron chi connectivity index (χ4n) is 4.14. The molecule has 0 bridgehead atoms. The summed E-state index contributed by atoms with van der Waals surface area (Å²) in [5.74, 6) is 0. The van der Waals surface area contributed by atoms with Gasteiger partial charge in [-0.05, 0) is 45.2 Å². The van der Waals surface area contributed by atoms with Crippen molar-refractivity contribution >= 4 is 0 Å². The average molecular weight is 266 g/mol. The van der Waals surface area contributed by atoms with Crippen LogP contribution in [0.15, 0.2) is 0 Å². The Morgan fingerprint density at radius 2 is 1.84 bits per heavy atom. The molecule has 112 valence electrons. The minimum Gasteiger partial charge on any atom is -0.310 e. The summed E-state index contributed by atoms with van der Waals surface area (Å²) in [5.41, 5.74) is 0.481. The zero-order valence-electron chi connectivity index (χ0n) is 13.2. The minimum atomic E-state index is 0.481. The van der Waals surface area contributed by atoms with Gasteiger partial charge in [0.05, 0.1) is 0 Å². The first kappa shape index (κ1) is 15.3. The fraction of sp³-hybridized carbons (Fsp3) is 1.00. The van der Waals surface area contributed by atoms with Gasteiger partial charge in [0.2, 0.25) is 0 Å². The van der Waals surface area contributed by atoms with Gasteiger partial charge in [0, 0.05) is 18.1 Å². The molecule has 0 aromatic rings. The van der Waals surface area contributed by atoms with Crippen molar-refractivity contribution < 1.29 is 0 Å². The van der Waals surface area contributed by atoms with Gasteiger partial charge in [-0.1, -0.05) is 46.0 Å². The lowest BCUT2D eigenvalue weighted by atomic mass is 9.95. The Bertz CT molecular complexity index is 246. The van der Waals surface area contributed by atoms with Crippen molar-refractivity contribution in [1.29, 1.82) is 0 Å². The summed E-state index contributed by atoms with van der Waals surface area (Å²) in [6.45, 7) is 8.55. The van der Waals surface area contributed by atoms with Gasteiger partial charge in [0.15, 0.2) is 0 Å². The Hall–Kier alpha value is -0.0800. The monoisotopic (exact) mass is 266 g/mol. The summed E-state index contributed by atoms with van der Waals surface area (Å²) in [7, 11) is 0. The molecule has 0 aromatic carbocycles. The van der Waals surface area contributed by atoms with E-state index in [-0.39, 0.29) is 0 Å². The van der Waals surface area contributed by atoms with E-state index in [1.54, 1.807) is 0 Å². The average Bonchev–Trinajstić information content (AvgIpc) is 2.76. The lowest BCUT2D eigenvalue weighted by Crippen LogP contribution is -2.51. The van der Waals surface area contributed by atoms with Gasteiger partial charge in [0.1, 0.15) is 0 Å². The van der Waals surface area contributed by atoms with Gasteiger partial charge in [-0.25, -0.2) is 0 Å². The van der Waals surface area contributed by atoms with Crippen LogP contribution in [-0.4, -0.2) is 36.1 Å². The van der Waals surface area contributed by atoms with E-state index in [1.807, 2.05) is 0 Å². The van der Waals surface area contributed by atoms with Gasteiger partial charge in [-0.15, -0.1) is 0 Å². The van der Waals surface area contributed by atoms with Crippen LogP contribution in [0.25, 0.3) is 0 Å². The Balaban J connectivity index is 1.97. The molecule has 0 amide bonds. The maximum Gasteiger partial charge on any atom is 0.0308 e. The highest BCUT2D eigenvalue weighted by molar-refractivity contribution is 4.97. The van der Waals surface area contributed by atoms with Gasteiger partial charge in [-0.2, -0.15) is 0 Å². The van der Waals surface area contributed by atoms with Crippen molar-refractivity contribution in [3.05, 3.63) is 0 Å². The van der Waals surface area contributed by atoms with Gasteiger partial charge < -0.3 is 5.32 Å². The lowest BCUT2D eigenvalue weighted by molar-refractivity contribution is 0.139. The Morgan fingerprint density at radius 1 is 1.05 bits per heavy atom. The van der Waals surface area contributed by atoms with Crippen LogP contribution in [0.4, 0.5) is 0 Å². The summed E-state index contributed by atoms with van der Waals surface area (Å²) < 4.78 is 0. The molecule has 1 saturated carbocycles. The molecule has 2 aliphatic rings. The van der Waals surface area contributed by atoms with E-state index in [0.29, 0.717) is 5.54 Å². The normalized spacial score (nSPS) is 25.6. The molecule has 1 aliphatic carbocycles. The molecular formula is C17H34N2. The third-order valence-electron chi connectivity index (χ3n) is 5.22. The van der Waals surface area contributed by atoms with Crippen LogP contribution in [0, 0.1) is 0 Å². The zero-order valence-corrected chi connectivity index (χ0v) is 13.2. The highest BCUT2D eigenvalue weighted by Gasteiger charge is 2.37. The highest BCUT2D eigenvalue weighted by atomic mass is 15.2. The molecule has 1 spiro atoms. The van der Waals surface area contributed by atoms with Crippen LogP contribution in [-0.2, 0) is 0 Å². The number of hydrogen-bond donors (Lipinski definition) is 1. The molecule has 19 heavy (non-hydrogen) atoms. The molecule has 1 N–H and O–H groups in total. The Labute approximate surface area is 120 Å². The summed E-state index contributed by atoms with van der Waals surface area (Å²) >= 11 is 0. The molecule has 0 radical (unpaired) electrons. The van der Waals surface area contributed by atoms with Crippen LogP contribution >= 0.6 is 0 Å². The molecule has 2 rings (SSSR count). The first-order valence-electron chi connectivity index (χ1n) is 8.79. The van der Waals surface area contributed by atoms with Crippen molar-refractivity contribution in [3.63, 3.8) is 0 Å². The van der Waals surface area contributed by atoms with Crippen LogP contribution in [0.3, 0.4) is 0 Å². The highest BCUT2D eigenvalue weighted by Crippen LogP contribution is 2.33.